The van der Waals surface area contributed by atoms with Crippen LogP contribution in [0.3, 0.4) is 0 Å². The second-order valence-electron chi connectivity index (χ2n) is 4.97. The monoisotopic (exact) mass is 399 g/mol. The van der Waals surface area contributed by atoms with E-state index in [2.05, 4.69) is 97.1 Å². The van der Waals surface area contributed by atoms with Gasteiger partial charge in [-0.15, -0.1) is 0 Å². The summed E-state index contributed by atoms with van der Waals surface area (Å²) in [6.45, 7) is 0. The number of aromatic nitrogens is 1. The maximum Gasteiger partial charge on any atom is 0.0683 e. The van der Waals surface area contributed by atoms with Crippen molar-refractivity contribution in [2.24, 2.45) is 0 Å². The van der Waals surface area contributed by atoms with Crippen molar-refractivity contribution in [3.8, 4) is 5.69 Å². The summed E-state index contributed by atoms with van der Waals surface area (Å²) in [6, 6.07) is 23.3. The summed E-state index contributed by atoms with van der Waals surface area (Å²) >= 11 is 7.32. The van der Waals surface area contributed by atoms with E-state index in [1.54, 1.807) is 0 Å². The minimum absolute atomic E-state index is 1.08. The Bertz CT molecular complexity index is 955. The van der Waals surface area contributed by atoms with Crippen molar-refractivity contribution in [2.45, 2.75) is 0 Å². The van der Waals surface area contributed by atoms with E-state index >= 15 is 0 Å². The van der Waals surface area contributed by atoms with Gasteiger partial charge in [-0.1, -0.05) is 52.3 Å². The van der Waals surface area contributed by atoms with Crippen molar-refractivity contribution in [3.05, 3.63) is 75.7 Å². The van der Waals surface area contributed by atoms with Gasteiger partial charge in [-0.3, -0.25) is 0 Å². The lowest BCUT2D eigenvalue weighted by molar-refractivity contribution is 1.17. The van der Waals surface area contributed by atoms with E-state index in [9.17, 15) is 0 Å². The zero-order valence-electron chi connectivity index (χ0n) is 11.1. The Morgan fingerprint density at radius 2 is 1.43 bits per heavy atom. The fraction of sp³-hybridized carbons (Fsp3) is 0. The number of para-hydroxylation sites is 2. The van der Waals surface area contributed by atoms with Gasteiger partial charge >= 0.3 is 0 Å². The summed E-state index contributed by atoms with van der Waals surface area (Å²) in [7, 11) is 0. The van der Waals surface area contributed by atoms with Gasteiger partial charge in [0.25, 0.3) is 0 Å². The van der Waals surface area contributed by atoms with Gasteiger partial charge in [0.15, 0.2) is 0 Å². The fourth-order valence-corrected chi connectivity index (χ4v) is 4.26. The van der Waals surface area contributed by atoms with E-state index in [4.69, 9.17) is 0 Å². The van der Waals surface area contributed by atoms with Gasteiger partial charge in [-0.2, -0.15) is 0 Å². The summed E-state index contributed by atoms with van der Waals surface area (Å²) in [4.78, 5) is 0. The number of hydrogen-bond acceptors (Lipinski definition) is 0. The number of nitrogens with zero attached hydrogens (tertiary/aromatic N) is 1. The molecule has 0 saturated heterocycles. The van der Waals surface area contributed by atoms with Gasteiger partial charge < -0.3 is 4.57 Å². The first-order valence-corrected chi connectivity index (χ1v) is 8.28. The minimum atomic E-state index is 1.08. The topological polar surface area (TPSA) is 4.93 Å². The van der Waals surface area contributed by atoms with Crippen LogP contribution in [0, 0.1) is 0 Å². The van der Waals surface area contributed by atoms with Gasteiger partial charge in [0.2, 0.25) is 0 Å². The molecule has 0 fully saturated rings. The van der Waals surface area contributed by atoms with Gasteiger partial charge in [0.05, 0.1) is 11.0 Å². The van der Waals surface area contributed by atoms with Crippen molar-refractivity contribution in [1.29, 1.82) is 0 Å². The van der Waals surface area contributed by atoms with Crippen molar-refractivity contribution < 1.29 is 0 Å². The Balaban J connectivity index is 2.27. The molecule has 0 aliphatic carbocycles. The number of hydrogen-bond donors (Lipinski definition) is 0. The molecule has 0 bridgehead atoms. The van der Waals surface area contributed by atoms with Crippen LogP contribution in [-0.4, -0.2) is 4.57 Å². The second kappa shape index (κ2) is 5.00. The molecule has 0 aliphatic heterocycles. The lowest BCUT2D eigenvalue weighted by atomic mass is 10.2. The quantitative estimate of drug-likeness (QED) is 0.353. The van der Waals surface area contributed by atoms with Crippen LogP contribution in [0.2, 0.25) is 0 Å². The normalized spacial score (nSPS) is 11.3. The number of fused-ring (bicyclic) bond motifs is 3. The highest BCUT2D eigenvalue weighted by Crippen LogP contribution is 2.37. The van der Waals surface area contributed by atoms with Crippen molar-refractivity contribution in [1.82, 2.24) is 4.57 Å². The summed E-state index contributed by atoms with van der Waals surface area (Å²) < 4.78 is 4.48. The third-order valence-electron chi connectivity index (χ3n) is 3.70. The SMILES string of the molecule is Brc1cc(Br)c2c(c1)c1ccccc1n2-c1ccccc1. The van der Waals surface area contributed by atoms with Crippen molar-refractivity contribution in [3.63, 3.8) is 0 Å². The van der Waals surface area contributed by atoms with Crippen LogP contribution in [-0.2, 0) is 0 Å². The average Bonchev–Trinajstić information content (AvgIpc) is 2.83. The van der Waals surface area contributed by atoms with E-state index in [-0.39, 0.29) is 0 Å². The largest absolute Gasteiger partial charge is 0.308 e. The second-order valence-corrected chi connectivity index (χ2v) is 6.74. The Morgan fingerprint density at radius 3 is 2.24 bits per heavy atom. The minimum Gasteiger partial charge on any atom is -0.308 e. The molecule has 102 valence electrons. The first-order valence-electron chi connectivity index (χ1n) is 6.69. The van der Waals surface area contributed by atoms with E-state index < -0.39 is 0 Å². The summed E-state index contributed by atoms with van der Waals surface area (Å²) in [6.07, 6.45) is 0. The maximum atomic E-state index is 3.72. The van der Waals surface area contributed by atoms with Crippen LogP contribution >= 0.6 is 31.9 Å². The highest BCUT2D eigenvalue weighted by molar-refractivity contribution is 9.11. The molecule has 4 rings (SSSR count). The van der Waals surface area contributed by atoms with Gasteiger partial charge in [-0.05, 0) is 46.3 Å². The lowest BCUT2D eigenvalue weighted by Gasteiger charge is -2.08. The Morgan fingerprint density at radius 1 is 0.714 bits per heavy atom. The average molecular weight is 401 g/mol. The van der Waals surface area contributed by atoms with E-state index in [1.807, 2.05) is 6.07 Å². The molecule has 0 radical (unpaired) electrons. The van der Waals surface area contributed by atoms with Crippen LogP contribution in [0.25, 0.3) is 27.5 Å². The molecule has 0 saturated carbocycles. The summed E-state index contributed by atoms with van der Waals surface area (Å²) in [5.74, 6) is 0. The van der Waals surface area contributed by atoms with Gasteiger partial charge in [-0.25, -0.2) is 0 Å². The standard InChI is InChI=1S/C18H11Br2N/c19-12-10-15-14-8-4-5-9-17(14)21(18(15)16(20)11-12)13-6-2-1-3-7-13/h1-11H. The molecule has 1 aromatic heterocycles. The molecule has 0 unspecified atom stereocenters. The molecular weight excluding hydrogens is 390 g/mol. The molecule has 3 heteroatoms. The summed E-state index contributed by atoms with van der Waals surface area (Å²) in [5, 5.41) is 2.51. The van der Waals surface area contributed by atoms with Crippen LogP contribution < -0.4 is 0 Å². The Hall–Kier alpha value is -1.58. The van der Waals surface area contributed by atoms with E-state index in [0.29, 0.717) is 0 Å². The zero-order chi connectivity index (χ0) is 14.4. The third-order valence-corrected chi connectivity index (χ3v) is 4.76. The third kappa shape index (κ3) is 2.03. The molecule has 0 amide bonds. The lowest BCUT2D eigenvalue weighted by Crippen LogP contribution is -1.93. The first kappa shape index (κ1) is 13.1. The van der Waals surface area contributed by atoms with Gasteiger partial charge in [0.1, 0.15) is 0 Å². The number of rotatable bonds is 1. The van der Waals surface area contributed by atoms with E-state index in [0.717, 1.165) is 8.95 Å². The molecule has 0 aliphatic rings. The Kier molecular flexibility index (Phi) is 3.12. The van der Waals surface area contributed by atoms with E-state index in [1.165, 1.54) is 27.5 Å². The van der Waals surface area contributed by atoms with Crippen LogP contribution in [0.4, 0.5) is 0 Å². The van der Waals surface area contributed by atoms with Crippen molar-refractivity contribution in [2.75, 3.05) is 0 Å². The van der Waals surface area contributed by atoms with Crippen LogP contribution in [0.15, 0.2) is 75.7 Å². The molecule has 0 N–H and O–H groups in total. The molecule has 3 aromatic carbocycles. The smallest absolute Gasteiger partial charge is 0.0683 e. The molecule has 0 spiro atoms. The molecular formula is C18H11Br2N. The highest BCUT2D eigenvalue weighted by Gasteiger charge is 2.14. The summed E-state index contributed by atoms with van der Waals surface area (Å²) in [5.41, 5.74) is 3.59. The molecule has 1 heterocycles. The number of halogens is 2. The Labute approximate surface area is 139 Å². The highest BCUT2D eigenvalue weighted by atomic mass is 79.9. The predicted molar refractivity (Wildman–Crippen MR) is 96.2 cm³/mol. The van der Waals surface area contributed by atoms with Crippen LogP contribution in [0.1, 0.15) is 0 Å². The molecule has 0 atom stereocenters. The number of benzene rings is 3. The molecule has 4 aromatic rings. The predicted octanol–water partition coefficient (Wildman–Crippen LogP) is 6.31. The van der Waals surface area contributed by atoms with Crippen LogP contribution in [0.5, 0.6) is 0 Å². The first-order chi connectivity index (χ1) is 10.3. The molecule has 21 heavy (non-hydrogen) atoms. The van der Waals surface area contributed by atoms with Gasteiger partial charge in [0, 0.05) is 25.4 Å². The zero-order valence-corrected chi connectivity index (χ0v) is 14.2. The van der Waals surface area contributed by atoms with Crippen molar-refractivity contribution >= 4 is 53.7 Å². The maximum absolute atomic E-state index is 3.72. The fourth-order valence-electron chi connectivity index (χ4n) is 2.86. The molecule has 1 nitrogen and oxygen atoms in total.